The van der Waals surface area contributed by atoms with Crippen molar-refractivity contribution in [3.8, 4) is 6.07 Å². The Bertz CT molecular complexity index is 1210. The highest BCUT2D eigenvalue weighted by Crippen LogP contribution is 2.48. The predicted molar refractivity (Wildman–Crippen MR) is 124 cm³/mol. The van der Waals surface area contributed by atoms with Crippen LogP contribution < -0.4 is 5.73 Å². The van der Waals surface area contributed by atoms with Crippen molar-refractivity contribution in [2.24, 2.45) is 5.73 Å². The first kappa shape index (κ1) is 21.9. The maximum atomic E-state index is 9.99. The fourth-order valence-corrected chi connectivity index (χ4v) is 5.20. The van der Waals surface area contributed by atoms with E-state index in [-0.39, 0.29) is 11.8 Å². The van der Waals surface area contributed by atoms with E-state index in [0.29, 0.717) is 5.57 Å². The molecule has 7 heteroatoms. The summed E-state index contributed by atoms with van der Waals surface area (Å²) < 4.78 is 10.2. The maximum Gasteiger partial charge on any atom is 0.205 e. The van der Waals surface area contributed by atoms with E-state index in [2.05, 4.69) is 44.9 Å². The minimum Gasteiger partial charge on any atom is -0.440 e. The van der Waals surface area contributed by atoms with Gasteiger partial charge in [0.05, 0.1) is 17.3 Å². The Labute approximate surface area is 189 Å². The van der Waals surface area contributed by atoms with E-state index in [0.717, 1.165) is 83.2 Å². The van der Waals surface area contributed by atoms with Gasteiger partial charge in [-0.2, -0.15) is 15.5 Å². The lowest BCUT2D eigenvalue weighted by Gasteiger charge is -2.33. The molecule has 2 aromatic heterocycles. The molecule has 4 rings (SSSR count). The minimum absolute atomic E-state index is 0.199. The number of hydrogen-bond acceptors (Lipinski definition) is 5. The largest absolute Gasteiger partial charge is 0.440 e. The summed E-state index contributed by atoms with van der Waals surface area (Å²) in [5.41, 5.74) is 15.5. The van der Waals surface area contributed by atoms with E-state index in [1.807, 2.05) is 23.2 Å². The number of aromatic nitrogens is 4. The first-order valence-electron chi connectivity index (χ1n) is 11.4. The average molecular weight is 433 g/mol. The maximum absolute atomic E-state index is 9.99. The van der Waals surface area contributed by atoms with Gasteiger partial charge in [-0.3, -0.25) is 9.36 Å². The van der Waals surface area contributed by atoms with Crippen molar-refractivity contribution < 1.29 is 4.74 Å². The Kier molecular flexibility index (Phi) is 5.72. The Balaban J connectivity index is 1.90. The average Bonchev–Trinajstić information content (AvgIpc) is 3.21. The Morgan fingerprint density at radius 2 is 1.72 bits per heavy atom. The normalized spacial score (nSPS) is 19.9. The zero-order chi connectivity index (χ0) is 23.2. The first-order chi connectivity index (χ1) is 15.3. The van der Waals surface area contributed by atoms with Gasteiger partial charge in [-0.25, -0.2) is 0 Å². The topological polar surface area (TPSA) is 94.7 Å². The van der Waals surface area contributed by atoms with Gasteiger partial charge < -0.3 is 10.5 Å². The molecular formula is C25H32N6O. The molecule has 1 aliphatic carbocycles. The van der Waals surface area contributed by atoms with Crippen molar-refractivity contribution in [1.82, 2.24) is 19.6 Å². The van der Waals surface area contributed by atoms with Gasteiger partial charge in [0.15, 0.2) is 0 Å². The van der Waals surface area contributed by atoms with Crippen LogP contribution >= 0.6 is 0 Å². The van der Waals surface area contributed by atoms with Crippen LogP contribution in [0.1, 0.15) is 72.9 Å². The zero-order valence-electron chi connectivity index (χ0n) is 19.9. The summed E-state index contributed by atoms with van der Waals surface area (Å²) in [6.07, 6.45) is 4.99. The number of hydrogen-bond donors (Lipinski definition) is 1. The number of rotatable bonds is 4. The summed E-state index contributed by atoms with van der Waals surface area (Å²) >= 11 is 0. The lowest BCUT2D eigenvalue weighted by atomic mass is 9.76. The van der Waals surface area contributed by atoms with Gasteiger partial charge in [0, 0.05) is 35.6 Å². The number of nitrogens with two attached hydrogens (primary N) is 1. The second-order valence-corrected chi connectivity index (χ2v) is 8.60. The molecule has 0 radical (unpaired) electrons. The van der Waals surface area contributed by atoms with Gasteiger partial charge in [0.2, 0.25) is 5.88 Å². The van der Waals surface area contributed by atoms with Crippen molar-refractivity contribution >= 4 is 6.08 Å². The lowest BCUT2D eigenvalue weighted by molar-refractivity contribution is 0.277. The van der Waals surface area contributed by atoms with Crippen LogP contribution in [-0.2, 0) is 17.8 Å². The third kappa shape index (κ3) is 3.35. The van der Waals surface area contributed by atoms with E-state index in [1.165, 1.54) is 0 Å². The fourth-order valence-electron chi connectivity index (χ4n) is 5.20. The molecule has 7 nitrogen and oxygen atoms in total. The smallest absolute Gasteiger partial charge is 0.205 e. The molecule has 0 fully saturated rings. The van der Waals surface area contributed by atoms with E-state index in [9.17, 15) is 5.26 Å². The number of nitrogens with zero attached hydrogens (tertiary/aromatic N) is 5. The van der Waals surface area contributed by atoms with E-state index < -0.39 is 0 Å². The van der Waals surface area contributed by atoms with Crippen molar-refractivity contribution in [2.75, 3.05) is 0 Å². The highest BCUT2D eigenvalue weighted by Gasteiger charge is 2.38. The first-order valence-corrected chi connectivity index (χ1v) is 11.4. The summed E-state index contributed by atoms with van der Waals surface area (Å²) in [7, 11) is 0. The fraction of sp³-hybridized carbons (Fsp3) is 0.480. The van der Waals surface area contributed by atoms with Gasteiger partial charge in [-0.05, 0) is 78.0 Å². The van der Waals surface area contributed by atoms with Crippen LogP contribution in [0.4, 0.5) is 0 Å². The molecule has 0 saturated heterocycles. The standard InChI is InChI=1S/C25H32N6O/c1-7-30-16(5)20(14(3)28-30)12-18-10-9-11-19-23(21(13-26)25(27)32-24(18)19)22-15(4)29-31(8-2)17(22)6/h12,23H,7-11,27H2,1-6H3. The number of aryl methyl sites for hydroxylation is 4. The third-order valence-electron chi connectivity index (χ3n) is 6.79. The Morgan fingerprint density at radius 3 is 2.31 bits per heavy atom. The number of nitriles is 1. The number of allylic oxidation sites excluding steroid dienone is 3. The highest BCUT2D eigenvalue weighted by molar-refractivity contribution is 5.65. The van der Waals surface area contributed by atoms with Crippen molar-refractivity contribution in [2.45, 2.75) is 79.8 Å². The van der Waals surface area contributed by atoms with Crippen LogP contribution in [0.5, 0.6) is 0 Å². The molecule has 1 aliphatic heterocycles. The molecule has 1 atom stereocenters. The van der Waals surface area contributed by atoms with E-state index in [1.54, 1.807) is 0 Å². The van der Waals surface area contributed by atoms with Crippen LogP contribution in [0.3, 0.4) is 0 Å². The van der Waals surface area contributed by atoms with Gasteiger partial charge in [0.25, 0.3) is 0 Å². The summed E-state index contributed by atoms with van der Waals surface area (Å²) in [5, 5.41) is 19.4. The summed E-state index contributed by atoms with van der Waals surface area (Å²) in [6.45, 7) is 14.0. The molecule has 0 spiro atoms. The molecule has 0 saturated carbocycles. The summed E-state index contributed by atoms with van der Waals surface area (Å²) in [6, 6.07) is 2.34. The Morgan fingerprint density at radius 1 is 1.06 bits per heavy atom. The molecule has 2 N–H and O–H groups in total. The molecule has 2 aromatic rings. The van der Waals surface area contributed by atoms with Crippen LogP contribution in [0.25, 0.3) is 6.08 Å². The van der Waals surface area contributed by atoms with Crippen LogP contribution in [-0.4, -0.2) is 19.6 Å². The second-order valence-electron chi connectivity index (χ2n) is 8.60. The molecule has 2 aliphatic rings. The molecule has 1 unspecified atom stereocenters. The van der Waals surface area contributed by atoms with Gasteiger partial charge in [0.1, 0.15) is 17.4 Å². The second kappa shape index (κ2) is 8.34. The Hall–Kier alpha value is -3.27. The van der Waals surface area contributed by atoms with Gasteiger partial charge in [-0.1, -0.05) is 0 Å². The van der Waals surface area contributed by atoms with Gasteiger partial charge >= 0.3 is 0 Å². The SMILES string of the molecule is CCn1nc(C)c(C=C2CCCC3=C2OC(N)=C(C#N)C3c2c(C)nn(CC)c2C)c1C. The zero-order valence-corrected chi connectivity index (χ0v) is 19.9. The third-order valence-corrected chi connectivity index (χ3v) is 6.79. The highest BCUT2D eigenvalue weighted by atomic mass is 16.5. The quantitative estimate of drug-likeness (QED) is 0.757. The number of ether oxygens (including phenoxy) is 1. The molecule has 168 valence electrons. The molecule has 3 heterocycles. The molecule has 0 amide bonds. The molecule has 32 heavy (non-hydrogen) atoms. The molecule has 0 bridgehead atoms. The van der Waals surface area contributed by atoms with E-state index in [4.69, 9.17) is 15.6 Å². The molecular weight excluding hydrogens is 400 g/mol. The predicted octanol–water partition coefficient (Wildman–Crippen LogP) is 4.68. The van der Waals surface area contributed by atoms with Crippen LogP contribution in [0.2, 0.25) is 0 Å². The van der Waals surface area contributed by atoms with Gasteiger partial charge in [-0.15, -0.1) is 0 Å². The van der Waals surface area contributed by atoms with Crippen molar-refractivity contribution in [3.05, 3.63) is 62.3 Å². The minimum atomic E-state index is -0.215. The lowest BCUT2D eigenvalue weighted by Crippen LogP contribution is -2.24. The van der Waals surface area contributed by atoms with Crippen molar-refractivity contribution in [3.63, 3.8) is 0 Å². The monoisotopic (exact) mass is 432 g/mol. The van der Waals surface area contributed by atoms with Crippen molar-refractivity contribution in [1.29, 1.82) is 5.26 Å². The van der Waals surface area contributed by atoms with E-state index >= 15 is 0 Å². The van der Waals surface area contributed by atoms with Crippen LogP contribution in [0, 0.1) is 39.0 Å². The van der Waals surface area contributed by atoms with Crippen LogP contribution in [0.15, 0.2) is 28.4 Å². The molecule has 0 aromatic carbocycles. The summed E-state index contributed by atoms with van der Waals surface area (Å²) in [4.78, 5) is 0. The summed E-state index contributed by atoms with van der Waals surface area (Å²) in [5.74, 6) is 0.807.